The number of hydrogen-bond donors (Lipinski definition) is 1. The third-order valence-electron chi connectivity index (χ3n) is 2.43. The second-order valence-electron chi connectivity index (χ2n) is 3.94. The van der Waals surface area contributed by atoms with Gasteiger partial charge in [0, 0.05) is 18.0 Å². The van der Waals surface area contributed by atoms with Crippen molar-refractivity contribution in [3.8, 4) is 5.75 Å². The van der Waals surface area contributed by atoms with E-state index in [-0.39, 0.29) is 6.61 Å². The summed E-state index contributed by atoms with van der Waals surface area (Å²) in [4.78, 5) is 4.04. The molecule has 3 nitrogen and oxygen atoms in total. The third kappa shape index (κ3) is 3.29. The van der Waals surface area contributed by atoms with Crippen LogP contribution in [0, 0.1) is 6.92 Å². The molecule has 0 aliphatic rings. The maximum absolute atomic E-state index is 9.94. The Kier molecular flexibility index (Phi) is 3.73. The summed E-state index contributed by atoms with van der Waals surface area (Å²) in [6.07, 6.45) is 2.77. The average molecular weight is 229 g/mol. The Labute approximate surface area is 101 Å². The lowest BCUT2D eigenvalue weighted by molar-refractivity contribution is 0.108. The van der Waals surface area contributed by atoms with Crippen molar-refractivity contribution >= 4 is 0 Å². The Morgan fingerprint density at radius 1 is 1.24 bits per heavy atom. The van der Waals surface area contributed by atoms with Crippen LogP contribution in [0.15, 0.2) is 48.8 Å². The molecule has 0 fully saturated rings. The molecule has 2 aromatic rings. The van der Waals surface area contributed by atoms with Crippen LogP contribution >= 0.6 is 0 Å². The number of ether oxygens (including phenoxy) is 1. The first-order valence-corrected chi connectivity index (χ1v) is 5.53. The molecule has 0 saturated heterocycles. The summed E-state index contributed by atoms with van der Waals surface area (Å²) in [7, 11) is 0. The zero-order valence-corrected chi connectivity index (χ0v) is 9.71. The lowest BCUT2D eigenvalue weighted by atomic mass is 10.1. The standard InChI is InChI=1S/C14H15NO2/c1-11-7-12(9-15-8-11)14(16)10-17-13-5-3-2-4-6-13/h2-9,14,16H,10H2,1H3. The van der Waals surface area contributed by atoms with Crippen molar-refractivity contribution in [2.45, 2.75) is 13.0 Å². The molecule has 0 spiro atoms. The first kappa shape index (κ1) is 11.6. The second kappa shape index (κ2) is 5.46. The minimum Gasteiger partial charge on any atom is -0.491 e. The quantitative estimate of drug-likeness (QED) is 0.875. The van der Waals surface area contributed by atoms with Gasteiger partial charge >= 0.3 is 0 Å². The molecule has 2 rings (SSSR count). The summed E-state index contributed by atoms with van der Waals surface area (Å²) in [5, 5.41) is 9.94. The second-order valence-corrected chi connectivity index (χ2v) is 3.94. The Bertz CT molecular complexity index is 471. The number of aryl methyl sites for hydroxylation is 1. The number of aliphatic hydroxyl groups excluding tert-OH is 1. The van der Waals surface area contributed by atoms with Crippen LogP contribution in [0.3, 0.4) is 0 Å². The van der Waals surface area contributed by atoms with E-state index in [1.807, 2.05) is 43.3 Å². The highest BCUT2D eigenvalue weighted by Crippen LogP contribution is 2.16. The summed E-state index contributed by atoms with van der Waals surface area (Å²) < 4.78 is 5.48. The Hall–Kier alpha value is -1.87. The maximum atomic E-state index is 9.94. The SMILES string of the molecule is Cc1cncc(C(O)COc2ccccc2)c1. The molecule has 0 aliphatic carbocycles. The number of para-hydroxylation sites is 1. The predicted molar refractivity (Wildman–Crippen MR) is 65.9 cm³/mol. The fourth-order valence-electron chi connectivity index (χ4n) is 1.55. The highest BCUT2D eigenvalue weighted by molar-refractivity contribution is 5.22. The van der Waals surface area contributed by atoms with Crippen LogP contribution < -0.4 is 4.74 Å². The van der Waals surface area contributed by atoms with Crippen molar-refractivity contribution in [3.05, 3.63) is 59.9 Å². The highest BCUT2D eigenvalue weighted by atomic mass is 16.5. The van der Waals surface area contributed by atoms with E-state index in [9.17, 15) is 5.11 Å². The lowest BCUT2D eigenvalue weighted by Gasteiger charge is -2.12. The van der Waals surface area contributed by atoms with E-state index < -0.39 is 6.10 Å². The zero-order valence-electron chi connectivity index (χ0n) is 9.71. The van der Waals surface area contributed by atoms with Gasteiger partial charge in [-0.3, -0.25) is 4.98 Å². The Morgan fingerprint density at radius 2 is 2.00 bits per heavy atom. The normalized spacial score (nSPS) is 12.1. The van der Waals surface area contributed by atoms with Crippen molar-refractivity contribution in [3.63, 3.8) is 0 Å². The highest BCUT2D eigenvalue weighted by Gasteiger charge is 2.08. The molecule has 0 aliphatic heterocycles. The molecule has 1 heterocycles. The summed E-state index contributed by atoms with van der Waals surface area (Å²) in [6, 6.07) is 11.4. The molecule has 1 unspecified atom stereocenters. The van der Waals surface area contributed by atoms with Crippen LogP contribution in [-0.4, -0.2) is 16.7 Å². The van der Waals surface area contributed by atoms with Crippen molar-refractivity contribution in [2.75, 3.05) is 6.61 Å². The predicted octanol–water partition coefficient (Wildman–Crippen LogP) is 2.50. The summed E-state index contributed by atoms with van der Waals surface area (Å²) in [5.41, 5.74) is 1.81. The van der Waals surface area contributed by atoms with Crippen LogP contribution in [0.1, 0.15) is 17.2 Å². The van der Waals surface area contributed by atoms with Crippen molar-refractivity contribution in [2.24, 2.45) is 0 Å². The number of aliphatic hydroxyl groups is 1. The molecule has 0 bridgehead atoms. The van der Waals surface area contributed by atoms with E-state index in [0.717, 1.165) is 16.9 Å². The molecule has 17 heavy (non-hydrogen) atoms. The molecule has 1 aromatic heterocycles. The van der Waals surface area contributed by atoms with Crippen molar-refractivity contribution in [1.29, 1.82) is 0 Å². The minimum absolute atomic E-state index is 0.231. The molecule has 1 N–H and O–H groups in total. The lowest BCUT2D eigenvalue weighted by Crippen LogP contribution is -2.10. The number of nitrogens with zero attached hydrogens (tertiary/aromatic N) is 1. The molecule has 0 saturated carbocycles. The molecular weight excluding hydrogens is 214 g/mol. The van der Waals surface area contributed by atoms with Crippen LogP contribution in [0.25, 0.3) is 0 Å². The van der Waals surface area contributed by atoms with Crippen LogP contribution in [0.2, 0.25) is 0 Å². The van der Waals surface area contributed by atoms with Gasteiger partial charge in [0.1, 0.15) is 18.5 Å². The third-order valence-corrected chi connectivity index (χ3v) is 2.43. The van der Waals surface area contributed by atoms with Crippen LogP contribution in [0.4, 0.5) is 0 Å². The smallest absolute Gasteiger partial charge is 0.119 e. The monoisotopic (exact) mass is 229 g/mol. The largest absolute Gasteiger partial charge is 0.491 e. The van der Waals surface area contributed by atoms with Gasteiger partial charge in [-0.25, -0.2) is 0 Å². The van der Waals surface area contributed by atoms with Gasteiger partial charge < -0.3 is 9.84 Å². The van der Waals surface area contributed by atoms with Crippen LogP contribution in [0.5, 0.6) is 5.75 Å². The maximum Gasteiger partial charge on any atom is 0.119 e. The first-order chi connectivity index (χ1) is 8.25. The molecule has 88 valence electrons. The van der Waals surface area contributed by atoms with E-state index in [1.54, 1.807) is 12.4 Å². The molecule has 1 atom stereocenters. The van der Waals surface area contributed by atoms with Gasteiger partial charge in [0.15, 0.2) is 0 Å². The van der Waals surface area contributed by atoms with Crippen molar-refractivity contribution in [1.82, 2.24) is 4.98 Å². The van der Waals surface area contributed by atoms with Crippen molar-refractivity contribution < 1.29 is 9.84 Å². The number of benzene rings is 1. The van der Waals surface area contributed by atoms with E-state index >= 15 is 0 Å². The summed E-state index contributed by atoms with van der Waals surface area (Å²) in [6.45, 7) is 2.18. The fourth-order valence-corrected chi connectivity index (χ4v) is 1.55. The van der Waals surface area contributed by atoms with E-state index in [4.69, 9.17) is 4.74 Å². The first-order valence-electron chi connectivity index (χ1n) is 5.53. The topological polar surface area (TPSA) is 42.4 Å². The van der Waals surface area contributed by atoms with Gasteiger partial charge in [-0.15, -0.1) is 0 Å². The van der Waals surface area contributed by atoms with Gasteiger partial charge in [-0.2, -0.15) is 0 Å². The molecular formula is C14H15NO2. The molecule has 0 amide bonds. The zero-order chi connectivity index (χ0) is 12.1. The molecule has 1 aromatic carbocycles. The fraction of sp³-hybridized carbons (Fsp3) is 0.214. The Balaban J connectivity index is 1.96. The summed E-state index contributed by atoms with van der Waals surface area (Å²) in [5.74, 6) is 0.757. The van der Waals surface area contributed by atoms with E-state index in [1.165, 1.54) is 0 Å². The van der Waals surface area contributed by atoms with E-state index in [2.05, 4.69) is 4.98 Å². The summed E-state index contributed by atoms with van der Waals surface area (Å²) >= 11 is 0. The van der Waals surface area contributed by atoms with Gasteiger partial charge in [-0.05, 0) is 24.6 Å². The van der Waals surface area contributed by atoms with Crippen LogP contribution in [-0.2, 0) is 0 Å². The van der Waals surface area contributed by atoms with Gasteiger partial charge in [0.05, 0.1) is 0 Å². The number of pyridine rings is 1. The van der Waals surface area contributed by atoms with E-state index in [0.29, 0.717) is 0 Å². The Morgan fingerprint density at radius 3 is 2.71 bits per heavy atom. The number of aromatic nitrogens is 1. The molecule has 0 radical (unpaired) electrons. The average Bonchev–Trinajstić information content (AvgIpc) is 2.37. The minimum atomic E-state index is -0.650. The number of hydrogen-bond acceptors (Lipinski definition) is 3. The molecule has 3 heteroatoms. The number of rotatable bonds is 4. The van der Waals surface area contributed by atoms with Gasteiger partial charge in [-0.1, -0.05) is 24.3 Å². The van der Waals surface area contributed by atoms with Gasteiger partial charge in [0.25, 0.3) is 0 Å². The van der Waals surface area contributed by atoms with Gasteiger partial charge in [0.2, 0.25) is 0 Å².